The van der Waals surface area contributed by atoms with Gasteiger partial charge in [-0.2, -0.15) is 0 Å². The first-order valence-corrected chi connectivity index (χ1v) is 9.04. The Balaban J connectivity index is 1.45. The fourth-order valence-electron chi connectivity index (χ4n) is 3.75. The summed E-state index contributed by atoms with van der Waals surface area (Å²) >= 11 is 1.70. The van der Waals surface area contributed by atoms with Crippen LogP contribution in [0.25, 0.3) is 0 Å². The number of nitrogens with zero attached hydrogens (tertiary/aromatic N) is 1. The molecule has 1 aromatic rings. The van der Waals surface area contributed by atoms with Crippen molar-refractivity contribution in [2.75, 3.05) is 25.4 Å². The molecule has 1 saturated carbocycles. The van der Waals surface area contributed by atoms with Gasteiger partial charge in [0.2, 0.25) is 0 Å². The second-order valence-electron chi connectivity index (χ2n) is 6.32. The first kappa shape index (κ1) is 16.2. The molecule has 1 aliphatic carbocycles. The molecule has 0 aromatic heterocycles. The van der Waals surface area contributed by atoms with Crippen LogP contribution in [-0.2, 0) is 4.79 Å². The quantitative estimate of drug-likeness (QED) is 0.642. The number of benzene rings is 1. The van der Waals surface area contributed by atoms with Crippen LogP contribution in [0.1, 0.15) is 19.3 Å². The number of amides is 2. The Morgan fingerprint density at radius 1 is 1.35 bits per heavy atom. The van der Waals surface area contributed by atoms with Gasteiger partial charge < -0.3 is 15.3 Å². The maximum Gasteiger partial charge on any atom is 0.317 e. The van der Waals surface area contributed by atoms with E-state index in [1.807, 2.05) is 30.3 Å². The highest BCUT2D eigenvalue weighted by atomic mass is 32.2. The number of carboxylic acids is 1. The first-order chi connectivity index (χ1) is 11.1. The van der Waals surface area contributed by atoms with Crippen molar-refractivity contribution in [3.63, 3.8) is 0 Å². The number of hydrogen-bond donors (Lipinski definition) is 2. The van der Waals surface area contributed by atoms with Gasteiger partial charge in [0.15, 0.2) is 0 Å². The zero-order valence-electron chi connectivity index (χ0n) is 13.0. The van der Waals surface area contributed by atoms with Crippen molar-refractivity contribution in [1.82, 2.24) is 10.2 Å². The third-order valence-corrected chi connectivity index (χ3v) is 5.99. The average molecular weight is 334 g/mol. The minimum absolute atomic E-state index is 0.115. The summed E-state index contributed by atoms with van der Waals surface area (Å²) in [6.45, 7) is 1.51. The van der Waals surface area contributed by atoms with E-state index in [-0.39, 0.29) is 11.9 Å². The lowest BCUT2D eigenvalue weighted by Crippen LogP contribution is -2.42. The number of thioether (sulfide) groups is 1. The van der Waals surface area contributed by atoms with Gasteiger partial charge >= 0.3 is 12.0 Å². The van der Waals surface area contributed by atoms with E-state index in [1.54, 1.807) is 16.7 Å². The molecule has 23 heavy (non-hydrogen) atoms. The Hall–Kier alpha value is -1.69. The average Bonchev–Trinajstić information content (AvgIpc) is 3.10. The van der Waals surface area contributed by atoms with Gasteiger partial charge in [0.25, 0.3) is 0 Å². The predicted molar refractivity (Wildman–Crippen MR) is 89.5 cm³/mol. The van der Waals surface area contributed by atoms with Crippen molar-refractivity contribution < 1.29 is 14.7 Å². The fraction of sp³-hybridized carbons (Fsp3) is 0.529. The van der Waals surface area contributed by atoms with Crippen molar-refractivity contribution in [3.05, 3.63) is 30.3 Å². The molecule has 3 rings (SSSR count). The second-order valence-corrected chi connectivity index (χ2v) is 7.49. The molecule has 124 valence electrons. The van der Waals surface area contributed by atoms with Crippen molar-refractivity contribution in [2.24, 2.45) is 11.3 Å². The lowest BCUT2D eigenvalue weighted by atomic mass is 9.81. The summed E-state index contributed by atoms with van der Waals surface area (Å²) in [6.07, 6.45) is 2.57. The lowest BCUT2D eigenvalue weighted by molar-refractivity contribution is -0.149. The Morgan fingerprint density at radius 2 is 2.13 bits per heavy atom. The number of rotatable bonds is 5. The van der Waals surface area contributed by atoms with E-state index >= 15 is 0 Å². The van der Waals surface area contributed by atoms with Gasteiger partial charge in [-0.3, -0.25) is 4.79 Å². The first-order valence-electron chi connectivity index (χ1n) is 8.06. The van der Waals surface area contributed by atoms with Crippen LogP contribution in [0.2, 0.25) is 0 Å². The number of urea groups is 1. The van der Waals surface area contributed by atoms with Gasteiger partial charge in [-0.15, -0.1) is 11.8 Å². The summed E-state index contributed by atoms with van der Waals surface area (Å²) in [5, 5.41) is 12.5. The van der Waals surface area contributed by atoms with Crippen molar-refractivity contribution in [1.29, 1.82) is 0 Å². The summed E-state index contributed by atoms with van der Waals surface area (Å²) in [7, 11) is 0. The molecule has 0 unspecified atom stereocenters. The van der Waals surface area contributed by atoms with Gasteiger partial charge in [0.05, 0.1) is 5.41 Å². The van der Waals surface area contributed by atoms with E-state index in [4.69, 9.17) is 0 Å². The number of hydrogen-bond acceptors (Lipinski definition) is 3. The minimum Gasteiger partial charge on any atom is -0.481 e. The van der Waals surface area contributed by atoms with Crippen LogP contribution in [0.3, 0.4) is 0 Å². The maximum atomic E-state index is 12.3. The zero-order valence-corrected chi connectivity index (χ0v) is 13.8. The third-order valence-electron chi connectivity index (χ3n) is 4.97. The topological polar surface area (TPSA) is 69.6 Å². The second kappa shape index (κ2) is 6.83. The van der Waals surface area contributed by atoms with Gasteiger partial charge in [0, 0.05) is 30.3 Å². The van der Waals surface area contributed by atoms with E-state index in [2.05, 4.69) is 5.32 Å². The van der Waals surface area contributed by atoms with Crippen molar-refractivity contribution >= 4 is 23.8 Å². The molecular weight excluding hydrogens is 312 g/mol. The molecule has 1 aromatic carbocycles. The van der Waals surface area contributed by atoms with Crippen LogP contribution in [0.15, 0.2) is 35.2 Å². The van der Waals surface area contributed by atoms with Gasteiger partial charge in [-0.1, -0.05) is 24.6 Å². The van der Waals surface area contributed by atoms with Crippen LogP contribution >= 0.6 is 11.8 Å². The molecule has 0 spiro atoms. The summed E-state index contributed by atoms with van der Waals surface area (Å²) in [5.74, 6) is 0.177. The molecule has 1 saturated heterocycles. The molecule has 1 heterocycles. The summed E-state index contributed by atoms with van der Waals surface area (Å²) in [5.41, 5.74) is -0.698. The van der Waals surface area contributed by atoms with Crippen LogP contribution in [0.4, 0.5) is 4.79 Å². The molecule has 1 aliphatic heterocycles. The smallest absolute Gasteiger partial charge is 0.317 e. The molecule has 2 fully saturated rings. The molecule has 5 nitrogen and oxygen atoms in total. The highest BCUT2D eigenvalue weighted by Crippen LogP contribution is 2.48. The van der Waals surface area contributed by atoms with Crippen LogP contribution < -0.4 is 5.32 Å². The Morgan fingerprint density at radius 3 is 2.83 bits per heavy atom. The molecule has 6 heteroatoms. The zero-order chi connectivity index (χ0) is 16.3. The van der Waals surface area contributed by atoms with E-state index in [0.29, 0.717) is 26.1 Å². The Kier molecular flexibility index (Phi) is 4.80. The van der Waals surface area contributed by atoms with E-state index in [1.165, 1.54) is 4.90 Å². The van der Waals surface area contributed by atoms with Crippen molar-refractivity contribution in [3.8, 4) is 0 Å². The molecular formula is C17H22N2O3S. The lowest BCUT2D eigenvalue weighted by Gasteiger charge is -2.23. The summed E-state index contributed by atoms with van der Waals surface area (Å²) in [6, 6.07) is 9.93. The number of aliphatic carboxylic acids is 1. The summed E-state index contributed by atoms with van der Waals surface area (Å²) < 4.78 is 0. The number of likely N-dealkylation sites (tertiary alicyclic amines) is 1. The SMILES string of the molecule is O=C(NCCSc1ccccc1)N1C[C@@H]2CCC[C@@]2(C(=O)O)C1. The van der Waals surface area contributed by atoms with Gasteiger partial charge in [0.1, 0.15) is 0 Å². The monoisotopic (exact) mass is 334 g/mol. The van der Waals surface area contributed by atoms with E-state index < -0.39 is 11.4 Å². The van der Waals surface area contributed by atoms with Crippen LogP contribution in [0, 0.1) is 11.3 Å². The Labute approximate surface area is 140 Å². The van der Waals surface area contributed by atoms with Crippen molar-refractivity contribution in [2.45, 2.75) is 24.2 Å². The molecule has 0 bridgehead atoms. The number of fused-ring (bicyclic) bond motifs is 1. The van der Waals surface area contributed by atoms with Gasteiger partial charge in [-0.25, -0.2) is 4.79 Å². The Bertz CT molecular complexity index is 580. The highest BCUT2D eigenvalue weighted by molar-refractivity contribution is 7.99. The van der Waals surface area contributed by atoms with E-state index in [0.717, 1.165) is 18.6 Å². The molecule has 2 aliphatic rings. The van der Waals surface area contributed by atoms with Crippen LogP contribution in [-0.4, -0.2) is 47.4 Å². The maximum absolute atomic E-state index is 12.3. The normalized spacial score (nSPS) is 26.1. The molecule has 0 radical (unpaired) electrons. The molecule has 2 N–H and O–H groups in total. The molecule has 2 amide bonds. The summed E-state index contributed by atoms with van der Waals surface area (Å²) in [4.78, 5) is 26.8. The highest BCUT2D eigenvalue weighted by Gasteiger charge is 2.55. The largest absolute Gasteiger partial charge is 0.481 e. The number of carboxylic acid groups (broad SMARTS) is 1. The standard InChI is InChI=1S/C17H22N2O3S/c20-15(21)17-8-4-5-13(17)11-19(12-17)16(22)18-9-10-23-14-6-2-1-3-7-14/h1-3,6-7,13H,4-5,8-12H2,(H,18,22)(H,20,21)/t13-,17+/m0/s1. The predicted octanol–water partition coefficient (Wildman–Crippen LogP) is 2.68. The van der Waals surface area contributed by atoms with Crippen LogP contribution in [0.5, 0.6) is 0 Å². The number of carbonyl (C=O) groups is 2. The molecule has 2 atom stereocenters. The fourth-order valence-corrected chi connectivity index (χ4v) is 4.54. The third kappa shape index (κ3) is 3.32. The minimum atomic E-state index is -0.741. The van der Waals surface area contributed by atoms with E-state index in [9.17, 15) is 14.7 Å². The number of carbonyl (C=O) groups excluding carboxylic acids is 1. The van der Waals surface area contributed by atoms with Gasteiger partial charge in [-0.05, 0) is 30.9 Å². The number of nitrogens with one attached hydrogen (secondary N) is 1.